The molecule has 0 aromatic heterocycles. The van der Waals surface area contributed by atoms with E-state index in [1.165, 1.54) is 5.12 Å². The second-order valence-electron chi connectivity index (χ2n) is 2.96. The summed E-state index contributed by atoms with van der Waals surface area (Å²) in [4.78, 5) is 0. The van der Waals surface area contributed by atoms with Crippen LogP contribution in [0.15, 0.2) is 29.4 Å². The average molecular weight is 193 g/mol. The van der Waals surface area contributed by atoms with Crippen LogP contribution in [-0.4, -0.2) is 18.0 Å². The van der Waals surface area contributed by atoms with Crippen LogP contribution in [0.1, 0.15) is 11.1 Å². The van der Waals surface area contributed by atoms with Crippen molar-refractivity contribution in [1.29, 1.82) is 0 Å². The lowest BCUT2D eigenvalue weighted by Gasteiger charge is -2.06. The lowest BCUT2D eigenvalue weighted by molar-refractivity contribution is 0.371. The topological polar surface area (TPSA) is 93.7 Å². The Labute approximate surface area is 83.1 Å². The van der Waals surface area contributed by atoms with Gasteiger partial charge in [-0.15, -0.1) is 5.10 Å². The molecule has 0 radical (unpaired) electrons. The van der Waals surface area contributed by atoms with Gasteiger partial charge in [-0.05, 0) is 5.56 Å². The van der Waals surface area contributed by atoms with Crippen molar-refractivity contribution < 1.29 is 0 Å². The van der Waals surface area contributed by atoms with Crippen LogP contribution in [0.2, 0.25) is 0 Å². The molecular formula is C9H15N5. The summed E-state index contributed by atoms with van der Waals surface area (Å²) in [6.07, 6.45) is 0. The molecule has 0 saturated carbocycles. The molecule has 5 nitrogen and oxygen atoms in total. The van der Waals surface area contributed by atoms with Gasteiger partial charge in [-0.1, -0.05) is 24.3 Å². The molecule has 0 atom stereocenters. The molecule has 1 aromatic carbocycles. The SMILES string of the molecule is CN(N)/N=C(\N)c1ccc(CN)cc1. The molecule has 5 heteroatoms. The van der Waals surface area contributed by atoms with E-state index < -0.39 is 0 Å². The van der Waals surface area contributed by atoms with Crippen LogP contribution in [0.4, 0.5) is 0 Å². The summed E-state index contributed by atoms with van der Waals surface area (Å²) in [5, 5.41) is 5.05. The Hall–Kier alpha value is -1.59. The summed E-state index contributed by atoms with van der Waals surface area (Å²) in [5.74, 6) is 5.72. The Balaban J connectivity index is 2.86. The maximum absolute atomic E-state index is 5.68. The van der Waals surface area contributed by atoms with Gasteiger partial charge in [0, 0.05) is 19.2 Å². The van der Waals surface area contributed by atoms with E-state index in [1.54, 1.807) is 7.05 Å². The number of hydrazine groups is 1. The summed E-state index contributed by atoms with van der Waals surface area (Å²) in [7, 11) is 1.61. The van der Waals surface area contributed by atoms with E-state index in [0.29, 0.717) is 12.4 Å². The summed E-state index contributed by atoms with van der Waals surface area (Å²) in [5.41, 5.74) is 13.0. The monoisotopic (exact) mass is 193 g/mol. The Bertz CT molecular complexity index is 314. The smallest absolute Gasteiger partial charge is 0.152 e. The zero-order chi connectivity index (χ0) is 10.6. The van der Waals surface area contributed by atoms with Crippen LogP contribution in [0.25, 0.3) is 0 Å². The first-order valence-electron chi connectivity index (χ1n) is 4.25. The standard InChI is InChI=1S/C9H15N5/c1-14(12)13-9(11)8-4-2-7(6-10)3-5-8/h2-5H,6,10,12H2,1H3,(H2,11,13). The van der Waals surface area contributed by atoms with Gasteiger partial charge in [-0.3, -0.25) is 0 Å². The van der Waals surface area contributed by atoms with Gasteiger partial charge < -0.3 is 11.5 Å². The van der Waals surface area contributed by atoms with Gasteiger partial charge in [0.1, 0.15) is 0 Å². The van der Waals surface area contributed by atoms with Crippen molar-refractivity contribution in [2.45, 2.75) is 6.54 Å². The predicted molar refractivity (Wildman–Crippen MR) is 57.0 cm³/mol. The molecule has 0 amide bonds. The molecule has 76 valence electrons. The molecular weight excluding hydrogens is 178 g/mol. The Kier molecular flexibility index (Phi) is 3.44. The minimum Gasteiger partial charge on any atom is -0.382 e. The Morgan fingerprint density at radius 2 is 1.93 bits per heavy atom. The van der Waals surface area contributed by atoms with Crippen molar-refractivity contribution in [1.82, 2.24) is 5.12 Å². The van der Waals surface area contributed by atoms with Crippen LogP contribution >= 0.6 is 0 Å². The van der Waals surface area contributed by atoms with E-state index in [2.05, 4.69) is 5.10 Å². The van der Waals surface area contributed by atoms with Gasteiger partial charge in [0.25, 0.3) is 0 Å². The highest BCUT2D eigenvalue weighted by Gasteiger charge is 1.98. The Morgan fingerprint density at radius 3 is 2.36 bits per heavy atom. The minimum absolute atomic E-state index is 0.388. The maximum atomic E-state index is 5.68. The van der Waals surface area contributed by atoms with Crippen LogP contribution in [0.5, 0.6) is 0 Å². The van der Waals surface area contributed by atoms with Crippen LogP contribution < -0.4 is 17.3 Å². The van der Waals surface area contributed by atoms with Gasteiger partial charge in [-0.2, -0.15) is 0 Å². The minimum atomic E-state index is 0.388. The molecule has 0 bridgehead atoms. The van der Waals surface area contributed by atoms with Crippen molar-refractivity contribution in [3.63, 3.8) is 0 Å². The fourth-order valence-electron chi connectivity index (χ4n) is 1.04. The first-order valence-corrected chi connectivity index (χ1v) is 4.25. The molecule has 0 aliphatic carbocycles. The van der Waals surface area contributed by atoms with Gasteiger partial charge in [0.2, 0.25) is 0 Å². The third-order valence-electron chi connectivity index (χ3n) is 1.75. The molecule has 0 aliphatic heterocycles. The van der Waals surface area contributed by atoms with E-state index >= 15 is 0 Å². The van der Waals surface area contributed by atoms with Crippen molar-refractivity contribution in [2.75, 3.05) is 7.05 Å². The van der Waals surface area contributed by atoms with Crippen molar-refractivity contribution >= 4 is 5.84 Å². The van der Waals surface area contributed by atoms with Crippen LogP contribution in [0, 0.1) is 0 Å². The summed E-state index contributed by atoms with van der Waals surface area (Å²) < 4.78 is 0. The molecule has 1 aromatic rings. The van der Waals surface area contributed by atoms with Crippen molar-refractivity contribution in [3.8, 4) is 0 Å². The van der Waals surface area contributed by atoms with Crippen LogP contribution in [-0.2, 0) is 6.54 Å². The average Bonchev–Trinajstić information content (AvgIpc) is 2.17. The number of benzene rings is 1. The largest absolute Gasteiger partial charge is 0.382 e. The van der Waals surface area contributed by atoms with Crippen molar-refractivity contribution in [3.05, 3.63) is 35.4 Å². The predicted octanol–water partition coefficient (Wildman–Crippen LogP) is -0.429. The molecule has 0 saturated heterocycles. The summed E-state index contributed by atoms with van der Waals surface area (Å²) in [6.45, 7) is 0.522. The van der Waals surface area contributed by atoms with E-state index in [9.17, 15) is 0 Å². The van der Waals surface area contributed by atoms with Gasteiger partial charge >= 0.3 is 0 Å². The molecule has 0 unspecified atom stereocenters. The zero-order valence-corrected chi connectivity index (χ0v) is 8.14. The van der Waals surface area contributed by atoms with Gasteiger partial charge in [0.15, 0.2) is 5.84 Å². The third kappa shape index (κ3) is 2.72. The molecule has 0 aliphatic rings. The molecule has 6 N–H and O–H groups in total. The summed E-state index contributed by atoms with van der Waals surface area (Å²) >= 11 is 0. The Morgan fingerprint density at radius 1 is 1.36 bits per heavy atom. The molecule has 0 spiro atoms. The zero-order valence-electron chi connectivity index (χ0n) is 8.14. The quantitative estimate of drug-likeness (QED) is 0.263. The molecule has 0 fully saturated rings. The highest BCUT2D eigenvalue weighted by molar-refractivity contribution is 5.97. The van der Waals surface area contributed by atoms with E-state index in [0.717, 1.165) is 11.1 Å². The first kappa shape index (κ1) is 10.5. The van der Waals surface area contributed by atoms with Gasteiger partial charge in [-0.25, -0.2) is 11.0 Å². The maximum Gasteiger partial charge on any atom is 0.152 e. The van der Waals surface area contributed by atoms with E-state index in [4.69, 9.17) is 17.3 Å². The number of nitrogens with two attached hydrogens (primary N) is 3. The normalized spacial score (nSPS) is 11.5. The highest BCUT2D eigenvalue weighted by Crippen LogP contribution is 2.03. The number of amidine groups is 1. The van der Waals surface area contributed by atoms with Crippen molar-refractivity contribution in [2.24, 2.45) is 22.4 Å². The molecule has 14 heavy (non-hydrogen) atoms. The molecule has 0 heterocycles. The second kappa shape index (κ2) is 4.59. The molecule has 1 rings (SSSR count). The van der Waals surface area contributed by atoms with Gasteiger partial charge in [0.05, 0.1) is 0 Å². The number of hydrazone groups is 1. The number of hydrogen-bond acceptors (Lipinski definition) is 4. The third-order valence-corrected chi connectivity index (χ3v) is 1.75. The highest BCUT2D eigenvalue weighted by atomic mass is 15.6. The lowest BCUT2D eigenvalue weighted by Crippen LogP contribution is -2.25. The lowest BCUT2D eigenvalue weighted by atomic mass is 10.1. The second-order valence-corrected chi connectivity index (χ2v) is 2.96. The number of nitrogens with zero attached hydrogens (tertiary/aromatic N) is 2. The fraction of sp³-hybridized carbons (Fsp3) is 0.222. The first-order chi connectivity index (χ1) is 6.63. The number of rotatable bonds is 3. The van der Waals surface area contributed by atoms with E-state index in [-0.39, 0.29) is 0 Å². The fourth-order valence-corrected chi connectivity index (χ4v) is 1.04. The van der Waals surface area contributed by atoms with Crippen LogP contribution in [0.3, 0.4) is 0 Å². The number of hydrogen-bond donors (Lipinski definition) is 3. The summed E-state index contributed by atoms with van der Waals surface area (Å²) in [6, 6.07) is 7.55. The van der Waals surface area contributed by atoms with E-state index in [1.807, 2.05) is 24.3 Å².